The van der Waals surface area contributed by atoms with Gasteiger partial charge in [-0.15, -0.1) is 0 Å². The minimum absolute atomic E-state index is 0.0846. The van der Waals surface area contributed by atoms with E-state index in [1.165, 1.54) is 0 Å². The van der Waals surface area contributed by atoms with Gasteiger partial charge >= 0.3 is 19.8 Å². The Kier molecular flexibility index (Phi) is 38.4. The number of carbonyl (C=O) groups is 2. The second-order valence-electron chi connectivity index (χ2n) is 13.9. The van der Waals surface area contributed by atoms with Gasteiger partial charge < -0.3 is 29.7 Å². The van der Waals surface area contributed by atoms with E-state index >= 15 is 0 Å². The van der Waals surface area contributed by atoms with Crippen LogP contribution in [0.3, 0.4) is 0 Å². The molecular formula is C46H75O11P. The van der Waals surface area contributed by atoms with Crippen LogP contribution in [-0.4, -0.2) is 76.9 Å². The minimum Gasteiger partial charge on any atom is -0.462 e. The zero-order chi connectivity index (χ0) is 42.8. The minimum atomic E-state index is -4.65. The molecule has 0 aromatic heterocycles. The molecule has 0 rings (SSSR count). The third kappa shape index (κ3) is 41.0. The van der Waals surface area contributed by atoms with Crippen LogP contribution in [0.4, 0.5) is 0 Å². The number of unbranched alkanes of at least 4 members (excludes halogenated alkanes) is 6. The molecule has 0 amide bonds. The van der Waals surface area contributed by atoms with Gasteiger partial charge in [0, 0.05) is 12.8 Å². The van der Waals surface area contributed by atoms with Crippen LogP contribution >= 0.6 is 7.82 Å². The van der Waals surface area contributed by atoms with Crippen molar-refractivity contribution in [3.8, 4) is 0 Å². The SMILES string of the molecule is CC/C=C\C/C=C\C/C=C\C/C=C\CCCCCCC(=O)OC[C@H](COP(=O)(O)OC[C@@H](O)CO)OC(=O)CCC/C=C\C/C=C\C/C=C\C/C=C\CCC[C@H](C)O. The van der Waals surface area contributed by atoms with E-state index in [-0.39, 0.29) is 25.6 Å². The first-order valence-electron chi connectivity index (χ1n) is 21.2. The molecule has 0 bridgehead atoms. The average Bonchev–Trinajstić information content (AvgIpc) is 3.20. The molecule has 4 atom stereocenters. The van der Waals surface area contributed by atoms with Crippen molar-refractivity contribution in [1.82, 2.24) is 0 Å². The Morgan fingerprint density at radius 2 is 1.02 bits per heavy atom. The molecule has 1 unspecified atom stereocenters. The number of phosphoric acid groups is 1. The van der Waals surface area contributed by atoms with E-state index in [4.69, 9.17) is 19.1 Å². The molecule has 4 N–H and O–H groups in total. The van der Waals surface area contributed by atoms with E-state index in [9.17, 15) is 29.3 Å². The molecule has 0 fully saturated rings. The third-order valence-electron chi connectivity index (χ3n) is 8.24. The monoisotopic (exact) mass is 835 g/mol. The summed E-state index contributed by atoms with van der Waals surface area (Å²) in [6, 6.07) is 0. The third-order valence-corrected chi connectivity index (χ3v) is 9.19. The number of rotatable bonds is 38. The van der Waals surface area contributed by atoms with Gasteiger partial charge in [-0.25, -0.2) is 4.57 Å². The summed E-state index contributed by atoms with van der Waals surface area (Å²) >= 11 is 0. The fourth-order valence-corrected chi connectivity index (χ4v) is 5.78. The lowest BCUT2D eigenvalue weighted by Crippen LogP contribution is -2.29. The van der Waals surface area contributed by atoms with Crippen molar-refractivity contribution in [2.45, 2.75) is 154 Å². The molecule has 0 heterocycles. The molecule has 11 nitrogen and oxygen atoms in total. The number of hydrogen-bond donors (Lipinski definition) is 4. The van der Waals surface area contributed by atoms with Crippen molar-refractivity contribution in [2.24, 2.45) is 0 Å². The Morgan fingerprint density at radius 1 is 0.569 bits per heavy atom. The smallest absolute Gasteiger partial charge is 0.462 e. The molecule has 0 aliphatic rings. The summed E-state index contributed by atoms with van der Waals surface area (Å²) in [4.78, 5) is 35.0. The lowest BCUT2D eigenvalue weighted by atomic mass is 10.1. The fourth-order valence-electron chi connectivity index (χ4n) is 4.99. The van der Waals surface area contributed by atoms with Gasteiger partial charge in [-0.1, -0.05) is 117 Å². The average molecular weight is 835 g/mol. The lowest BCUT2D eigenvalue weighted by molar-refractivity contribution is -0.161. The molecule has 0 spiro atoms. The lowest BCUT2D eigenvalue weighted by Gasteiger charge is -2.20. The second kappa shape index (κ2) is 40.6. The first kappa shape index (κ1) is 54.9. The molecule has 0 saturated heterocycles. The molecule has 12 heteroatoms. The maximum atomic E-state index is 12.6. The molecule has 0 saturated carbocycles. The highest BCUT2D eigenvalue weighted by Gasteiger charge is 2.27. The van der Waals surface area contributed by atoms with Gasteiger partial charge in [0.05, 0.1) is 25.9 Å². The van der Waals surface area contributed by atoms with Crippen LogP contribution in [0.25, 0.3) is 0 Å². The maximum Gasteiger partial charge on any atom is 0.472 e. The molecule has 330 valence electrons. The molecule has 0 radical (unpaired) electrons. The van der Waals surface area contributed by atoms with Crippen LogP contribution in [0.5, 0.6) is 0 Å². The van der Waals surface area contributed by atoms with Crippen LogP contribution in [-0.2, 0) is 32.7 Å². The number of phosphoric ester groups is 1. The van der Waals surface area contributed by atoms with Gasteiger partial charge in [0.15, 0.2) is 6.10 Å². The predicted molar refractivity (Wildman–Crippen MR) is 234 cm³/mol. The molecule has 0 aliphatic carbocycles. The number of hydrogen-bond acceptors (Lipinski definition) is 10. The Bertz CT molecular complexity index is 1300. The van der Waals surface area contributed by atoms with Gasteiger partial charge in [0.25, 0.3) is 0 Å². The predicted octanol–water partition coefficient (Wildman–Crippen LogP) is 10.2. The van der Waals surface area contributed by atoms with Crippen molar-refractivity contribution in [3.05, 3.63) is 97.2 Å². The van der Waals surface area contributed by atoms with Crippen LogP contribution in [0.15, 0.2) is 97.2 Å². The van der Waals surface area contributed by atoms with E-state index in [0.717, 1.165) is 89.9 Å². The first-order valence-corrected chi connectivity index (χ1v) is 22.7. The van der Waals surface area contributed by atoms with Gasteiger partial charge in [0.1, 0.15) is 12.7 Å². The highest BCUT2D eigenvalue weighted by molar-refractivity contribution is 7.47. The fraction of sp³-hybridized carbons (Fsp3) is 0.609. The standard InChI is InChI=1S/C46H75O11P/c1-3-4-5-6-7-8-9-10-11-12-15-18-21-24-27-30-33-36-45(50)54-40-44(41-56-58(52,53)55-39-43(49)38-47)57-46(51)37-34-31-28-25-22-19-16-13-14-17-20-23-26-29-32-35-42(2)48/h4-5,7-8,10-11,14-19,23,25-26,28,42-44,47-49H,3,6,9,12-13,20-22,24,27,29-41H2,1-2H3,(H,52,53)/b5-4-,8-7-,11-10-,17-14-,18-15-,19-16-,26-23-,28-25-/t42-,43-,44+/m0/s1. The van der Waals surface area contributed by atoms with Gasteiger partial charge in [-0.3, -0.25) is 18.6 Å². The number of aliphatic hydroxyl groups excluding tert-OH is 3. The zero-order valence-electron chi connectivity index (χ0n) is 35.3. The number of esters is 2. The van der Waals surface area contributed by atoms with E-state index in [2.05, 4.69) is 96.5 Å². The highest BCUT2D eigenvalue weighted by atomic mass is 31.2. The number of allylic oxidation sites excluding steroid dienone is 16. The van der Waals surface area contributed by atoms with Crippen molar-refractivity contribution >= 4 is 19.8 Å². The number of aliphatic hydroxyl groups is 3. The van der Waals surface area contributed by atoms with Gasteiger partial charge in [0.2, 0.25) is 0 Å². The highest BCUT2D eigenvalue weighted by Crippen LogP contribution is 2.43. The van der Waals surface area contributed by atoms with Crippen molar-refractivity contribution in [2.75, 3.05) is 26.4 Å². The van der Waals surface area contributed by atoms with E-state index in [1.807, 2.05) is 19.1 Å². The molecule has 0 aromatic carbocycles. The normalized spacial score (nSPS) is 15.3. The second-order valence-corrected chi connectivity index (χ2v) is 15.4. The summed E-state index contributed by atoms with van der Waals surface area (Å²) in [5.41, 5.74) is 0. The summed E-state index contributed by atoms with van der Waals surface area (Å²) < 4.78 is 32.6. The zero-order valence-corrected chi connectivity index (χ0v) is 36.2. The number of ether oxygens (including phenoxy) is 2. The van der Waals surface area contributed by atoms with Crippen LogP contribution in [0.1, 0.15) is 136 Å². The number of carbonyl (C=O) groups excluding carboxylic acids is 2. The maximum absolute atomic E-state index is 12.6. The molecule has 58 heavy (non-hydrogen) atoms. The summed E-state index contributed by atoms with van der Waals surface area (Å²) in [5, 5.41) is 27.6. The van der Waals surface area contributed by atoms with Crippen LogP contribution < -0.4 is 0 Å². The Hall–Kier alpha value is -3.15. The Labute approximate surface area is 349 Å². The summed E-state index contributed by atoms with van der Waals surface area (Å²) in [7, 11) is -4.65. The Morgan fingerprint density at radius 3 is 1.53 bits per heavy atom. The van der Waals surface area contributed by atoms with Crippen molar-refractivity contribution in [3.63, 3.8) is 0 Å². The first-order chi connectivity index (χ1) is 28.1. The van der Waals surface area contributed by atoms with E-state index in [0.29, 0.717) is 19.3 Å². The summed E-state index contributed by atoms with van der Waals surface area (Å²) in [6.45, 7) is 1.69. The van der Waals surface area contributed by atoms with E-state index < -0.39 is 51.8 Å². The Balaban J connectivity index is 4.47. The van der Waals surface area contributed by atoms with E-state index in [1.54, 1.807) is 0 Å². The summed E-state index contributed by atoms with van der Waals surface area (Å²) in [5.74, 6) is -1.05. The van der Waals surface area contributed by atoms with Gasteiger partial charge in [-0.2, -0.15) is 0 Å². The van der Waals surface area contributed by atoms with Crippen LogP contribution in [0, 0.1) is 0 Å². The molecule has 0 aliphatic heterocycles. The molecule has 0 aromatic rings. The molecular weight excluding hydrogens is 759 g/mol. The van der Waals surface area contributed by atoms with Crippen molar-refractivity contribution < 1.29 is 52.9 Å². The van der Waals surface area contributed by atoms with Crippen LogP contribution in [0.2, 0.25) is 0 Å². The summed E-state index contributed by atoms with van der Waals surface area (Å²) in [6.07, 6.45) is 46.5. The van der Waals surface area contributed by atoms with Crippen molar-refractivity contribution in [1.29, 1.82) is 0 Å². The largest absolute Gasteiger partial charge is 0.472 e. The topological polar surface area (TPSA) is 169 Å². The quantitative estimate of drug-likeness (QED) is 0.0202. The van der Waals surface area contributed by atoms with Gasteiger partial charge in [-0.05, 0) is 103 Å².